The zero-order valence-electron chi connectivity index (χ0n) is 17.8. The Kier molecular flexibility index (Phi) is 5.64. The number of benzene rings is 1. The Morgan fingerprint density at radius 1 is 1.22 bits per heavy atom. The van der Waals surface area contributed by atoms with E-state index in [1.54, 1.807) is 6.08 Å². The van der Waals surface area contributed by atoms with Gasteiger partial charge in [-0.05, 0) is 67.9 Å². The van der Waals surface area contributed by atoms with Crippen molar-refractivity contribution in [2.24, 2.45) is 10.1 Å². The van der Waals surface area contributed by atoms with Crippen LogP contribution in [0.1, 0.15) is 29.4 Å². The van der Waals surface area contributed by atoms with Gasteiger partial charge in [-0.1, -0.05) is 24.6 Å². The Morgan fingerprint density at radius 2 is 1.94 bits per heavy atom. The van der Waals surface area contributed by atoms with Gasteiger partial charge in [0, 0.05) is 22.1 Å². The van der Waals surface area contributed by atoms with Gasteiger partial charge in [0.25, 0.3) is 5.91 Å². The predicted octanol–water partition coefficient (Wildman–Crippen LogP) is 4.07. The molecule has 1 aromatic carbocycles. The maximum atomic E-state index is 12.7. The topological polar surface area (TPSA) is 108 Å². The molecule has 32 heavy (non-hydrogen) atoms. The molecule has 1 amide bonds. The zero-order valence-corrected chi connectivity index (χ0v) is 20.2. The van der Waals surface area contributed by atoms with E-state index in [0.717, 1.165) is 45.0 Å². The molecule has 2 aliphatic heterocycles. The highest BCUT2D eigenvalue weighted by molar-refractivity contribution is 8.42. The second kappa shape index (κ2) is 8.02. The summed E-state index contributed by atoms with van der Waals surface area (Å²) in [6.07, 6.45) is 1.59. The van der Waals surface area contributed by atoms with Crippen molar-refractivity contribution in [3.8, 4) is 5.69 Å². The molecule has 0 saturated heterocycles. The number of aryl methyl sites for hydroxylation is 2. The number of aliphatic imine (C=N–C) groups is 1. The van der Waals surface area contributed by atoms with Gasteiger partial charge in [0.2, 0.25) is 19.4 Å². The number of carbonyl (C=O) groups excluding carboxylic acids is 1. The molecule has 2 aromatic rings. The van der Waals surface area contributed by atoms with Crippen LogP contribution in [0.4, 0.5) is 0 Å². The lowest BCUT2D eigenvalue weighted by molar-refractivity contribution is -0.114. The molecular formula is C21H20ClN5O3S2. The molecule has 1 aromatic heterocycles. The Hall–Kier alpha value is -2.69. The van der Waals surface area contributed by atoms with Crippen LogP contribution in [0.3, 0.4) is 0 Å². The molecular weight excluding hydrogens is 470 g/mol. The van der Waals surface area contributed by atoms with Crippen molar-refractivity contribution < 1.29 is 13.2 Å². The number of rotatable bonds is 3. The second-order valence-corrected chi connectivity index (χ2v) is 11.2. The molecule has 3 heterocycles. The van der Waals surface area contributed by atoms with Crippen molar-refractivity contribution in [1.82, 2.24) is 9.58 Å². The number of thioether (sulfide) groups is 1. The van der Waals surface area contributed by atoms with Gasteiger partial charge < -0.3 is 4.57 Å². The summed E-state index contributed by atoms with van der Waals surface area (Å²) in [4.78, 5) is 16.6. The average molecular weight is 490 g/mol. The summed E-state index contributed by atoms with van der Waals surface area (Å²) in [7, 11) is -3.57. The van der Waals surface area contributed by atoms with Crippen LogP contribution in [0.15, 0.2) is 39.9 Å². The van der Waals surface area contributed by atoms with Gasteiger partial charge in [0.15, 0.2) is 5.84 Å². The highest BCUT2D eigenvalue weighted by Crippen LogP contribution is 2.32. The van der Waals surface area contributed by atoms with Gasteiger partial charge in [-0.15, -0.1) is 5.10 Å². The summed E-state index contributed by atoms with van der Waals surface area (Å²) in [6, 6.07) is 7.69. The Morgan fingerprint density at radius 3 is 2.59 bits per heavy atom. The Bertz CT molecular complexity index is 1390. The molecule has 11 heteroatoms. The second-order valence-electron chi connectivity index (χ2n) is 7.38. The van der Waals surface area contributed by atoms with Crippen molar-refractivity contribution in [2.75, 3.05) is 5.75 Å². The minimum Gasteiger partial charge on any atom is -0.318 e. The molecule has 0 fully saturated rings. The number of halogens is 1. The maximum Gasteiger partial charge on any atom is 0.283 e. The van der Waals surface area contributed by atoms with Gasteiger partial charge in [-0.25, -0.2) is 8.42 Å². The molecule has 0 saturated carbocycles. The van der Waals surface area contributed by atoms with Gasteiger partial charge in [-0.2, -0.15) is 10.0 Å². The lowest BCUT2D eigenvalue weighted by Gasteiger charge is -2.20. The number of amides is 1. The molecule has 0 atom stereocenters. The molecule has 1 N–H and O–H groups in total. The molecule has 2 aliphatic rings. The lowest BCUT2D eigenvalue weighted by atomic mass is 10.1. The van der Waals surface area contributed by atoms with Crippen LogP contribution in [0.5, 0.6) is 0 Å². The third-order valence-corrected chi connectivity index (χ3v) is 8.76. The van der Waals surface area contributed by atoms with E-state index in [4.69, 9.17) is 17.0 Å². The van der Waals surface area contributed by atoms with Crippen LogP contribution < -0.4 is 0 Å². The average Bonchev–Trinajstić information content (AvgIpc) is 3.29. The van der Waals surface area contributed by atoms with Crippen LogP contribution in [0.25, 0.3) is 11.8 Å². The van der Waals surface area contributed by atoms with E-state index in [1.807, 2.05) is 49.6 Å². The SMILES string of the molecule is CCS(=O)(=O)C1=NN2C(=N)/C(=C\c3cc(C)n(-c4ccc(C)c(Cl)c4)c3C)C(=O)N=C2S1. The molecule has 0 aliphatic carbocycles. The first-order valence-electron chi connectivity index (χ1n) is 9.72. The molecule has 166 valence electrons. The summed E-state index contributed by atoms with van der Waals surface area (Å²) in [5.74, 6) is -0.946. The van der Waals surface area contributed by atoms with Gasteiger partial charge in [0.1, 0.15) is 0 Å². The van der Waals surface area contributed by atoms with E-state index >= 15 is 0 Å². The number of amidine groups is 2. The number of hydrazone groups is 1. The van der Waals surface area contributed by atoms with E-state index in [1.165, 1.54) is 6.92 Å². The fourth-order valence-electron chi connectivity index (χ4n) is 3.43. The number of fused-ring (bicyclic) bond motifs is 1. The van der Waals surface area contributed by atoms with Crippen LogP contribution in [0, 0.1) is 26.2 Å². The lowest BCUT2D eigenvalue weighted by Crippen LogP contribution is -2.35. The minimum absolute atomic E-state index is 0.0374. The van der Waals surface area contributed by atoms with Crippen LogP contribution in [-0.4, -0.2) is 45.0 Å². The quantitative estimate of drug-likeness (QED) is 0.654. The number of nitrogens with one attached hydrogen (secondary N) is 1. The van der Waals surface area contributed by atoms with Crippen molar-refractivity contribution >= 4 is 60.6 Å². The monoisotopic (exact) mass is 489 g/mol. The van der Waals surface area contributed by atoms with E-state index in [-0.39, 0.29) is 26.7 Å². The fourth-order valence-corrected chi connectivity index (χ4v) is 5.77. The summed E-state index contributed by atoms with van der Waals surface area (Å²) in [5.41, 5.74) is 4.43. The number of hydrogen-bond acceptors (Lipinski definition) is 6. The molecule has 8 nitrogen and oxygen atoms in total. The highest BCUT2D eigenvalue weighted by atomic mass is 35.5. The van der Waals surface area contributed by atoms with Crippen molar-refractivity contribution in [2.45, 2.75) is 27.7 Å². The van der Waals surface area contributed by atoms with E-state index in [9.17, 15) is 13.2 Å². The third-order valence-electron chi connectivity index (χ3n) is 5.27. The summed E-state index contributed by atoms with van der Waals surface area (Å²) < 4.78 is 26.2. The van der Waals surface area contributed by atoms with Gasteiger partial charge in [0.05, 0.1) is 11.3 Å². The van der Waals surface area contributed by atoms with Gasteiger partial charge >= 0.3 is 0 Å². The molecule has 0 bridgehead atoms. The number of carbonyl (C=O) groups is 1. The fraction of sp³-hybridized carbons (Fsp3) is 0.238. The zero-order chi connectivity index (χ0) is 23.4. The van der Waals surface area contributed by atoms with Crippen molar-refractivity contribution in [3.05, 3.63) is 57.4 Å². The van der Waals surface area contributed by atoms with Crippen LogP contribution in [-0.2, 0) is 14.6 Å². The smallest absolute Gasteiger partial charge is 0.283 e. The number of sulfone groups is 1. The third kappa shape index (κ3) is 3.72. The van der Waals surface area contributed by atoms with Crippen molar-refractivity contribution in [1.29, 1.82) is 5.41 Å². The highest BCUT2D eigenvalue weighted by Gasteiger charge is 2.39. The molecule has 0 radical (unpaired) electrons. The molecule has 4 rings (SSSR count). The Balaban J connectivity index is 1.75. The summed E-state index contributed by atoms with van der Waals surface area (Å²) in [6.45, 7) is 7.30. The number of aromatic nitrogens is 1. The standard InChI is InChI=1S/C21H20ClN5O3S2/c1-5-32(29,30)21-25-27-18(23)16(19(28)24-20(27)31-21)9-14-8-12(3)26(13(14)4)15-7-6-11(2)17(22)10-15/h6-10,23H,5H2,1-4H3/b16-9+,23-18?. The Labute approximate surface area is 195 Å². The van der Waals surface area contributed by atoms with Crippen LogP contribution in [0.2, 0.25) is 5.02 Å². The first-order chi connectivity index (χ1) is 15.0. The van der Waals surface area contributed by atoms with E-state index < -0.39 is 15.7 Å². The van der Waals surface area contributed by atoms with Crippen molar-refractivity contribution in [3.63, 3.8) is 0 Å². The maximum absolute atomic E-state index is 12.7. The largest absolute Gasteiger partial charge is 0.318 e. The first-order valence-corrected chi connectivity index (χ1v) is 12.6. The normalized spacial score (nSPS) is 17.7. The number of nitrogens with zero attached hydrogens (tertiary/aromatic N) is 4. The number of hydrogen-bond donors (Lipinski definition) is 1. The molecule has 0 spiro atoms. The van der Waals surface area contributed by atoms with Gasteiger partial charge in [-0.3, -0.25) is 10.2 Å². The van der Waals surface area contributed by atoms with E-state index in [2.05, 4.69) is 10.1 Å². The summed E-state index contributed by atoms with van der Waals surface area (Å²) >= 11 is 7.08. The molecule has 0 unspecified atom stereocenters. The first kappa shape index (κ1) is 22.5. The van der Waals surface area contributed by atoms with Crippen LogP contribution >= 0.6 is 23.4 Å². The van der Waals surface area contributed by atoms with E-state index in [0.29, 0.717) is 5.02 Å². The summed E-state index contributed by atoms with van der Waals surface area (Å²) in [5, 5.41) is 14.3. The minimum atomic E-state index is -3.57. The predicted molar refractivity (Wildman–Crippen MR) is 129 cm³/mol.